The molecule has 22 heavy (non-hydrogen) atoms. The Morgan fingerprint density at radius 1 is 1.36 bits per heavy atom. The van der Waals surface area contributed by atoms with Gasteiger partial charge in [-0.2, -0.15) is 5.10 Å². The first-order valence-corrected chi connectivity index (χ1v) is 8.08. The molecular formula is C16H18BrN3O2. The van der Waals surface area contributed by atoms with Crippen molar-refractivity contribution in [2.45, 2.75) is 19.6 Å². The Balaban J connectivity index is 1.56. The van der Waals surface area contributed by atoms with Gasteiger partial charge in [-0.3, -0.25) is 4.79 Å². The van der Waals surface area contributed by atoms with Crippen LogP contribution in [0.5, 0.6) is 5.75 Å². The van der Waals surface area contributed by atoms with Crippen LogP contribution in [0.15, 0.2) is 41.0 Å². The van der Waals surface area contributed by atoms with Crippen LogP contribution in [0.3, 0.4) is 0 Å². The van der Waals surface area contributed by atoms with E-state index >= 15 is 0 Å². The molecule has 1 fully saturated rings. The molecule has 0 N–H and O–H groups in total. The third kappa shape index (κ3) is 3.88. The Hall–Kier alpha value is -1.82. The molecule has 1 amide bonds. The van der Waals surface area contributed by atoms with Crippen LogP contribution in [-0.2, 0) is 6.73 Å². The Morgan fingerprint density at radius 2 is 2.09 bits per heavy atom. The molecule has 116 valence electrons. The number of ether oxygens (including phenoxy) is 1. The van der Waals surface area contributed by atoms with Crippen molar-refractivity contribution in [1.82, 2.24) is 14.7 Å². The number of rotatable bonds is 6. The molecule has 1 aromatic carbocycles. The summed E-state index contributed by atoms with van der Waals surface area (Å²) in [7, 11) is 1.83. The van der Waals surface area contributed by atoms with Crippen molar-refractivity contribution in [3.63, 3.8) is 0 Å². The van der Waals surface area contributed by atoms with Gasteiger partial charge in [0.1, 0.15) is 11.4 Å². The molecule has 0 aliphatic heterocycles. The molecule has 1 aromatic heterocycles. The first kappa shape index (κ1) is 15.1. The van der Waals surface area contributed by atoms with E-state index in [1.807, 2.05) is 31.3 Å². The average Bonchev–Trinajstić information content (AvgIpc) is 3.20. The van der Waals surface area contributed by atoms with E-state index in [1.165, 1.54) is 12.8 Å². The van der Waals surface area contributed by atoms with E-state index in [1.54, 1.807) is 21.8 Å². The monoisotopic (exact) mass is 363 g/mol. The first-order valence-electron chi connectivity index (χ1n) is 7.29. The third-order valence-corrected chi connectivity index (χ3v) is 4.14. The number of carbonyl (C=O) groups is 1. The predicted octanol–water partition coefficient (Wildman–Crippen LogP) is 3.16. The van der Waals surface area contributed by atoms with E-state index in [-0.39, 0.29) is 12.6 Å². The number of hydrogen-bond donors (Lipinski definition) is 0. The minimum absolute atomic E-state index is 0.0331. The van der Waals surface area contributed by atoms with Crippen molar-refractivity contribution in [3.05, 3.63) is 46.7 Å². The number of benzene rings is 1. The van der Waals surface area contributed by atoms with Crippen LogP contribution < -0.4 is 4.74 Å². The minimum atomic E-state index is -0.0331. The molecule has 1 saturated carbocycles. The molecule has 5 nitrogen and oxygen atoms in total. The van der Waals surface area contributed by atoms with E-state index in [2.05, 4.69) is 21.0 Å². The van der Waals surface area contributed by atoms with Crippen LogP contribution in [0.25, 0.3) is 0 Å². The minimum Gasteiger partial charge on any atom is -0.471 e. The number of nitrogens with zero attached hydrogens (tertiary/aromatic N) is 3. The summed E-state index contributed by atoms with van der Waals surface area (Å²) in [6.07, 6.45) is 4.22. The van der Waals surface area contributed by atoms with Gasteiger partial charge in [0.2, 0.25) is 0 Å². The molecular weight excluding hydrogens is 346 g/mol. The van der Waals surface area contributed by atoms with Crippen LogP contribution in [0.4, 0.5) is 0 Å². The maximum atomic E-state index is 12.2. The first-order chi connectivity index (χ1) is 10.6. The van der Waals surface area contributed by atoms with Crippen LogP contribution in [0, 0.1) is 5.92 Å². The van der Waals surface area contributed by atoms with Gasteiger partial charge in [-0.25, -0.2) is 4.68 Å². The third-order valence-electron chi connectivity index (χ3n) is 3.61. The predicted molar refractivity (Wildman–Crippen MR) is 86.7 cm³/mol. The van der Waals surface area contributed by atoms with Crippen molar-refractivity contribution in [3.8, 4) is 5.75 Å². The summed E-state index contributed by atoms with van der Waals surface area (Å²) in [6, 6.07) is 9.32. The fourth-order valence-corrected chi connectivity index (χ4v) is 2.45. The van der Waals surface area contributed by atoms with E-state index in [9.17, 15) is 4.79 Å². The molecule has 1 heterocycles. The van der Waals surface area contributed by atoms with Crippen LogP contribution >= 0.6 is 15.9 Å². The summed E-state index contributed by atoms with van der Waals surface area (Å²) < 4.78 is 8.26. The highest BCUT2D eigenvalue weighted by atomic mass is 79.9. The van der Waals surface area contributed by atoms with Crippen molar-refractivity contribution in [2.75, 3.05) is 13.6 Å². The Kier molecular flexibility index (Phi) is 4.47. The molecule has 0 atom stereocenters. The Labute approximate surface area is 138 Å². The van der Waals surface area contributed by atoms with Gasteiger partial charge in [-0.15, -0.1) is 0 Å². The fraction of sp³-hybridized carbons (Fsp3) is 0.375. The van der Waals surface area contributed by atoms with Crippen LogP contribution in [0.1, 0.15) is 23.3 Å². The highest BCUT2D eigenvalue weighted by molar-refractivity contribution is 9.10. The molecule has 0 saturated heterocycles. The number of amides is 1. The van der Waals surface area contributed by atoms with Gasteiger partial charge in [0.25, 0.3) is 5.91 Å². The summed E-state index contributed by atoms with van der Waals surface area (Å²) >= 11 is 3.38. The topological polar surface area (TPSA) is 47.4 Å². The molecule has 0 bridgehead atoms. The second kappa shape index (κ2) is 6.52. The van der Waals surface area contributed by atoms with Gasteiger partial charge >= 0.3 is 0 Å². The van der Waals surface area contributed by atoms with Crippen molar-refractivity contribution in [2.24, 2.45) is 5.92 Å². The van der Waals surface area contributed by atoms with E-state index in [0.29, 0.717) is 11.6 Å². The summed E-state index contributed by atoms with van der Waals surface area (Å²) in [4.78, 5) is 14.0. The molecule has 6 heteroatoms. The van der Waals surface area contributed by atoms with Crippen molar-refractivity contribution in [1.29, 1.82) is 0 Å². The maximum absolute atomic E-state index is 12.2. The molecule has 0 radical (unpaired) electrons. The smallest absolute Gasteiger partial charge is 0.274 e. The van der Waals surface area contributed by atoms with E-state index in [4.69, 9.17) is 4.74 Å². The summed E-state index contributed by atoms with van der Waals surface area (Å²) in [6.45, 7) is 1.10. The van der Waals surface area contributed by atoms with Gasteiger partial charge in [0, 0.05) is 24.3 Å². The zero-order valence-corrected chi connectivity index (χ0v) is 14.0. The number of aromatic nitrogens is 2. The number of hydrogen-bond acceptors (Lipinski definition) is 3. The average molecular weight is 364 g/mol. The normalized spacial score (nSPS) is 13.9. The summed E-state index contributed by atoms with van der Waals surface area (Å²) in [5.74, 6) is 1.41. The Bertz CT molecular complexity index is 650. The second-order valence-electron chi connectivity index (χ2n) is 5.60. The van der Waals surface area contributed by atoms with Gasteiger partial charge in [-0.05, 0) is 49.1 Å². The number of halogens is 1. The molecule has 0 spiro atoms. The standard InChI is InChI=1S/C16H18BrN3O2/c1-19(10-12-2-3-12)16(21)15-8-9-20(18-15)11-22-14-6-4-13(17)5-7-14/h4-9,12H,2-3,10-11H2,1H3. The second-order valence-corrected chi connectivity index (χ2v) is 6.51. The van der Waals surface area contributed by atoms with Crippen LogP contribution in [0.2, 0.25) is 0 Å². The molecule has 3 rings (SSSR count). The summed E-state index contributed by atoms with van der Waals surface area (Å²) in [5, 5.41) is 4.28. The molecule has 1 aliphatic rings. The quantitative estimate of drug-likeness (QED) is 0.791. The maximum Gasteiger partial charge on any atom is 0.274 e. The largest absolute Gasteiger partial charge is 0.471 e. The molecule has 0 unspecified atom stereocenters. The molecule has 2 aromatic rings. The zero-order chi connectivity index (χ0) is 15.5. The van der Waals surface area contributed by atoms with Crippen molar-refractivity contribution >= 4 is 21.8 Å². The highest BCUT2D eigenvalue weighted by Gasteiger charge is 2.26. The lowest BCUT2D eigenvalue weighted by Crippen LogP contribution is -2.29. The zero-order valence-electron chi connectivity index (χ0n) is 12.4. The van der Waals surface area contributed by atoms with Gasteiger partial charge in [0.05, 0.1) is 0 Å². The van der Waals surface area contributed by atoms with E-state index < -0.39 is 0 Å². The lowest BCUT2D eigenvalue weighted by molar-refractivity contribution is 0.0780. The SMILES string of the molecule is CN(CC1CC1)C(=O)c1ccn(COc2ccc(Br)cc2)n1. The Morgan fingerprint density at radius 3 is 2.77 bits per heavy atom. The lowest BCUT2D eigenvalue weighted by Gasteiger charge is -2.14. The summed E-state index contributed by atoms with van der Waals surface area (Å²) in [5.41, 5.74) is 0.461. The van der Waals surface area contributed by atoms with Crippen molar-refractivity contribution < 1.29 is 9.53 Å². The van der Waals surface area contributed by atoms with E-state index in [0.717, 1.165) is 16.8 Å². The van der Waals surface area contributed by atoms with Gasteiger partial charge < -0.3 is 9.64 Å². The highest BCUT2D eigenvalue weighted by Crippen LogP contribution is 2.29. The lowest BCUT2D eigenvalue weighted by atomic mass is 10.3. The van der Waals surface area contributed by atoms with Gasteiger partial charge in [-0.1, -0.05) is 15.9 Å². The van der Waals surface area contributed by atoms with Gasteiger partial charge in [0.15, 0.2) is 6.73 Å². The fourth-order valence-electron chi connectivity index (χ4n) is 2.19. The number of carbonyl (C=O) groups excluding carboxylic acids is 1. The molecule has 1 aliphatic carbocycles. The van der Waals surface area contributed by atoms with Crippen LogP contribution in [-0.4, -0.2) is 34.2 Å².